The third-order valence-corrected chi connectivity index (χ3v) is 22.0. The Morgan fingerprint density at radius 2 is 0.827 bits per heavy atom. The number of hydrogen-bond acceptors (Lipinski definition) is 38. The molecule has 9 fully saturated rings. The Bertz CT molecular complexity index is 3730. The van der Waals surface area contributed by atoms with Crippen LogP contribution in [-0.2, 0) is 187 Å². The molecule has 0 aromatic carbocycles. The van der Waals surface area contributed by atoms with Crippen molar-refractivity contribution in [2.24, 2.45) is 0 Å². The van der Waals surface area contributed by atoms with Gasteiger partial charge in [0.2, 0.25) is 23.6 Å². The summed E-state index contributed by atoms with van der Waals surface area (Å²) in [6.45, 7) is 22.8. The molecule has 9 aliphatic heterocycles. The minimum atomic E-state index is -1.33. The zero-order valence-electron chi connectivity index (χ0n) is 74.4. The monoisotopic (exact) mass is 1810 g/mol. The summed E-state index contributed by atoms with van der Waals surface area (Å²) in [7, 11) is 1.58. The first-order valence-corrected chi connectivity index (χ1v) is 43.5. The second-order valence-electron chi connectivity index (χ2n) is 33.8. The highest BCUT2D eigenvalue weighted by Crippen LogP contribution is 2.51. The van der Waals surface area contributed by atoms with E-state index in [4.69, 9.17) is 133 Å². The average Bonchev–Trinajstić information content (AvgIpc) is 1.57. The number of carbonyl (C=O) groups excluding carboxylic acids is 4. The van der Waals surface area contributed by atoms with Crippen molar-refractivity contribution in [2.45, 2.75) is 247 Å². The van der Waals surface area contributed by atoms with E-state index in [2.05, 4.69) is 57.5 Å². The molecule has 9 saturated heterocycles. The molecule has 12 heterocycles. The lowest BCUT2D eigenvalue weighted by Gasteiger charge is -2.45. The van der Waals surface area contributed by atoms with Gasteiger partial charge < -0.3 is 160 Å². The summed E-state index contributed by atoms with van der Waals surface area (Å²) >= 11 is 0. The first-order valence-electron chi connectivity index (χ1n) is 43.5. The first-order chi connectivity index (χ1) is 61.2. The fraction of sp³-hybridized carbons (Fsp3) is 0.863. The van der Waals surface area contributed by atoms with E-state index in [1.807, 2.05) is 41.5 Å². The van der Waals surface area contributed by atoms with Gasteiger partial charge in [0.1, 0.15) is 94.7 Å². The van der Waals surface area contributed by atoms with Crippen LogP contribution in [0.1, 0.15) is 105 Å². The highest BCUT2D eigenvalue weighted by atomic mass is 16.8. The van der Waals surface area contributed by atoms with E-state index in [0.29, 0.717) is 142 Å². The van der Waals surface area contributed by atoms with Gasteiger partial charge in [-0.3, -0.25) is 19.2 Å². The predicted octanol–water partition coefficient (Wildman–Crippen LogP) is -1.26. The molecular weight excluding hydrogens is 1680 g/mol. The average molecular weight is 1820 g/mol. The van der Waals surface area contributed by atoms with Crippen LogP contribution < -0.4 is 26.6 Å². The van der Waals surface area contributed by atoms with Gasteiger partial charge in [-0.25, -0.2) is 18.8 Å². The number of amides is 5. The normalized spacial score (nSPS) is 28.6. The number of methoxy groups -OCH3 is 1. The fourth-order valence-electron chi connectivity index (χ4n) is 16.4. The second-order valence-corrected chi connectivity index (χ2v) is 33.8. The molecule has 5 amide bonds. The van der Waals surface area contributed by atoms with Crippen LogP contribution in [0, 0.1) is 0 Å². The van der Waals surface area contributed by atoms with E-state index < -0.39 is 126 Å². The zero-order valence-corrected chi connectivity index (χ0v) is 74.4. The summed E-state index contributed by atoms with van der Waals surface area (Å²) in [5.74, 6) is -3.76. The molecule has 0 saturated carbocycles. The summed E-state index contributed by atoms with van der Waals surface area (Å²) in [5, 5.41) is 49.3. The lowest BCUT2D eigenvalue weighted by Crippen LogP contribution is -2.68. The molecule has 5 unspecified atom stereocenters. The maximum atomic E-state index is 14.1. The number of carboxylic acid groups (broad SMARTS) is 1. The van der Waals surface area contributed by atoms with Crippen molar-refractivity contribution in [3.63, 3.8) is 0 Å². The van der Waals surface area contributed by atoms with Gasteiger partial charge in [0.15, 0.2) is 41.8 Å². The Balaban J connectivity index is 0.579. The van der Waals surface area contributed by atoms with Gasteiger partial charge in [0, 0.05) is 40.8 Å². The van der Waals surface area contributed by atoms with Gasteiger partial charge in [0.05, 0.1) is 243 Å². The lowest BCUT2D eigenvalue weighted by atomic mass is 9.83. The Kier molecular flexibility index (Phi) is 37.4. The molecular formula is C80H130N14O33. The molecule has 718 valence electrons. The summed E-state index contributed by atoms with van der Waals surface area (Å²) in [5.41, 5.74) is -2.77. The fourth-order valence-corrected chi connectivity index (χ4v) is 16.4. The number of unbranched alkanes of at least 4 members (excludes halogenated alkanes) is 2. The van der Waals surface area contributed by atoms with Crippen molar-refractivity contribution in [1.82, 2.24) is 71.6 Å². The Morgan fingerprint density at radius 1 is 0.449 bits per heavy atom. The van der Waals surface area contributed by atoms with Gasteiger partial charge in [-0.1, -0.05) is 22.1 Å². The van der Waals surface area contributed by atoms with Gasteiger partial charge >= 0.3 is 6.09 Å². The van der Waals surface area contributed by atoms with Gasteiger partial charge in [-0.05, 0) is 54.4 Å². The predicted molar refractivity (Wildman–Crippen MR) is 429 cm³/mol. The van der Waals surface area contributed by atoms with Crippen molar-refractivity contribution in [2.75, 3.05) is 199 Å². The number of nitrogens with one attached hydrogen (secondary N) is 5. The molecule has 9 aliphatic rings. The number of rotatable bonds is 63. The topological polar surface area (TPSA) is 507 Å². The van der Waals surface area contributed by atoms with Crippen LogP contribution in [-0.4, -0.2) is 398 Å². The molecule has 0 spiro atoms. The van der Waals surface area contributed by atoms with E-state index >= 15 is 0 Å². The Labute approximate surface area is 736 Å². The van der Waals surface area contributed by atoms with Crippen LogP contribution in [0.4, 0.5) is 4.79 Å². The molecule has 0 radical (unpaired) electrons. The molecule has 16 atom stereocenters. The first kappa shape index (κ1) is 99.5. The molecule has 6 bridgehead atoms. The van der Waals surface area contributed by atoms with Crippen LogP contribution in [0.5, 0.6) is 0 Å². The van der Waals surface area contributed by atoms with Gasteiger partial charge in [-0.15, -0.1) is 15.3 Å². The maximum Gasteiger partial charge on any atom is 0.404 e. The van der Waals surface area contributed by atoms with E-state index in [0.717, 1.165) is 0 Å². The molecule has 3 aromatic heterocycles. The maximum absolute atomic E-state index is 14.1. The van der Waals surface area contributed by atoms with Crippen molar-refractivity contribution < 1.29 is 157 Å². The quantitative estimate of drug-likeness (QED) is 0.0359. The molecule has 6 N–H and O–H groups in total. The molecule has 12 rings (SSSR count). The van der Waals surface area contributed by atoms with Gasteiger partial charge in [-0.2, -0.15) is 0 Å². The van der Waals surface area contributed by atoms with Crippen LogP contribution in [0.15, 0.2) is 18.6 Å². The third-order valence-electron chi connectivity index (χ3n) is 22.0. The zero-order chi connectivity index (χ0) is 89.9. The molecule has 47 heteroatoms. The molecule has 47 nitrogen and oxygen atoms in total. The molecule has 0 aliphatic carbocycles. The van der Waals surface area contributed by atoms with Crippen molar-refractivity contribution in [1.29, 1.82) is 0 Å². The van der Waals surface area contributed by atoms with Crippen molar-refractivity contribution >= 4 is 29.7 Å². The van der Waals surface area contributed by atoms with Crippen molar-refractivity contribution in [3.8, 4) is 0 Å². The summed E-state index contributed by atoms with van der Waals surface area (Å²) in [6.07, 6.45) is -0.367. The molecule has 3 aromatic rings. The van der Waals surface area contributed by atoms with E-state index in [1.165, 1.54) is 20.8 Å². The largest absolute Gasteiger partial charge is 0.465 e. The Morgan fingerprint density at radius 3 is 1.24 bits per heavy atom. The number of fused-ring (bicyclic) bond motifs is 12. The highest BCUT2D eigenvalue weighted by Gasteiger charge is 2.70. The summed E-state index contributed by atoms with van der Waals surface area (Å²) < 4.78 is 169. The second kappa shape index (κ2) is 47.7. The standard InChI is InChI=1S/C80H130N14O33/c1-53(95)82-61-64-67(122-74(4,5)119-64)78(50-116-70(61)125-78)48-110-35-32-107-29-27-105-25-23-102-19-16-92-38-56(86-89-92)41-112-45-77(85-60(98)14-12-11-13-15-81-73(99)100,46-113-42-57-39-93(90-87-57)17-20-103-24-26-106-28-30-108-33-36-111-49-79-51-117-71(126-79)62(83-54(2)96)65-68(79)123-75(6,7)120-65)47-114-43-58-40-94(91-88-58)18-21-104-31-34-109-44-59(115-37-22-101-10)80-52-118-72(127-80)63(84-55(3)97)66-69(80)124-76(8,9)121-66/h38-40,59,61-72,81H,11-37,41-52H2,1-10H3,(H,82,95)(H,83,96)(H,84,97)(H,85,98)(H,99,100)/t59?,61-,62-,63-,64+,65+,66?,67+,68+,69+,70?,71?,72?,77?,78-,79-,80-/m0/s1. The molecule has 127 heavy (non-hydrogen) atoms. The smallest absolute Gasteiger partial charge is 0.404 e. The Hall–Kier alpha value is -6.51. The number of aromatic nitrogens is 9. The highest BCUT2D eigenvalue weighted by molar-refractivity contribution is 5.77. The number of carbonyl (C=O) groups is 5. The number of nitrogens with zero attached hydrogens (tertiary/aromatic N) is 9. The minimum Gasteiger partial charge on any atom is -0.465 e. The number of ether oxygens (including phenoxy) is 27. The van der Waals surface area contributed by atoms with E-state index in [9.17, 15) is 24.0 Å². The minimum absolute atomic E-state index is 0.0149. The number of hydrogen-bond donors (Lipinski definition) is 6. The van der Waals surface area contributed by atoms with Crippen LogP contribution in [0.25, 0.3) is 0 Å². The van der Waals surface area contributed by atoms with E-state index in [1.54, 1.807) is 39.7 Å². The van der Waals surface area contributed by atoms with Crippen LogP contribution in [0.2, 0.25) is 0 Å². The van der Waals surface area contributed by atoms with Gasteiger partial charge in [0.25, 0.3) is 0 Å². The van der Waals surface area contributed by atoms with Crippen LogP contribution in [0.3, 0.4) is 0 Å². The summed E-state index contributed by atoms with van der Waals surface area (Å²) in [4.78, 5) is 61.5. The third kappa shape index (κ3) is 28.8. The SMILES string of the molecule is COCCOC(COCCOCCn1cc(COCC(COCc2cn(CCOCCOCCOCCOC[C@@]34COC(O3)[C@@H](NC(C)=O)[C@H]3OC(C)(C)O[C@H]34)nn2)(COCc2cn(CCOCCOCCOCCOC[C@@]34COC(O3)[C@@H](NC(C)=O)[C@H]3OC(C)(C)O[C@H]34)nn2)NC(=O)CCCCCNC(=O)O)nn1)[C@]12COC(O1)[C@@H](NC(C)=O)C1OC(C)(C)O[C@H]12. The van der Waals surface area contributed by atoms with Crippen LogP contribution >= 0.6 is 0 Å². The van der Waals surface area contributed by atoms with Crippen molar-refractivity contribution in [3.05, 3.63) is 35.7 Å². The summed E-state index contributed by atoms with van der Waals surface area (Å²) in [6, 6.07) is -1.66. The lowest BCUT2D eigenvalue weighted by molar-refractivity contribution is -0.245. The van der Waals surface area contributed by atoms with E-state index in [-0.39, 0.29) is 156 Å².